The first kappa shape index (κ1) is 9.42. The Morgan fingerprint density at radius 1 is 1.50 bits per heavy atom. The Balaban J connectivity index is 3.81. The summed E-state index contributed by atoms with van der Waals surface area (Å²) in [6.45, 7) is -2.09. The van der Waals surface area contributed by atoms with Crippen molar-refractivity contribution in [1.82, 2.24) is 0 Å². The van der Waals surface area contributed by atoms with E-state index in [1.807, 2.05) is 0 Å². The molecule has 2 atom stereocenters. The van der Waals surface area contributed by atoms with E-state index in [1.165, 1.54) is 0 Å². The topological polar surface area (TPSA) is 43.1 Å². The summed E-state index contributed by atoms with van der Waals surface area (Å²) < 4.78 is 35.6. The molecule has 0 spiro atoms. The molecular formula is C5H8F3NO. The minimum Gasteiger partial charge on any atom is -0.328 e. The summed E-state index contributed by atoms with van der Waals surface area (Å²) in [4.78, 5) is 10.1. The Hall–Kier alpha value is -0.580. The van der Waals surface area contributed by atoms with Crippen molar-refractivity contribution in [2.24, 2.45) is 5.73 Å². The maximum absolute atomic E-state index is 12.1. The Morgan fingerprint density at radius 2 is 2.00 bits per heavy atom. The summed E-state index contributed by atoms with van der Waals surface area (Å²) in [5.41, 5.74) is 4.68. The van der Waals surface area contributed by atoms with Crippen molar-refractivity contribution >= 4 is 5.78 Å². The van der Waals surface area contributed by atoms with Crippen LogP contribution in [-0.2, 0) is 4.79 Å². The lowest BCUT2D eigenvalue weighted by Gasteiger charge is -2.06. The minimum atomic E-state index is -2.41. The largest absolute Gasteiger partial charge is 0.328 e. The molecule has 0 rings (SSSR count). The fraction of sp³-hybridized carbons (Fsp3) is 0.800. The second kappa shape index (κ2) is 4.27. The standard InChI is InChI=1S/C5H8F3NO/c6-1-4(10)5(8)3(7)2-9/h3,5H,1-2,9H2. The van der Waals surface area contributed by atoms with Crippen LogP contribution in [0.25, 0.3) is 0 Å². The van der Waals surface area contributed by atoms with E-state index in [9.17, 15) is 18.0 Å². The van der Waals surface area contributed by atoms with Gasteiger partial charge in [0.15, 0.2) is 19.0 Å². The fourth-order valence-corrected chi connectivity index (χ4v) is 0.395. The van der Waals surface area contributed by atoms with Crippen LogP contribution in [-0.4, -0.2) is 31.3 Å². The number of Topliss-reactive ketones (excluding diaryl/α,β-unsaturated/α-hetero) is 1. The highest BCUT2D eigenvalue weighted by atomic mass is 19.2. The van der Waals surface area contributed by atoms with Crippen molar-refractivity contribution in [3.8, 4) is 0 Å². The van der Waals surface area contributed by atoms with Crippen LogP contribution in [0.5, 0.6) is 0 Å². The molecule has 0 bridgehead atoms. The van der Waals surface area contributed by atoms with Crippen molar-refractivity contribution in [2.45, 2.75) is 12.3 Å². The molecule has 2 nitrogen and oxygen atoms in total. The molecular weight excluding hydrogens is 147 g/mol. The number of alkyl halides is 3. The maximum Gasteiger partial charge on any atom is 0.200 e. The van der Waals surface area contributed by atoms with Gasteiger partial charge in [0.1, 0.15) is 0 Å². The summed E-state index contributed by atoms with van der Waals surface area (Å²) in [7, 11) is 0. The van der Waals surface area contributed by atoms with Crippen LogP contribution >= 0.6 is 0 Å². The first-order chi connectivity index (χ1) is 4.63. The van der Waals surface area contributed by atoms with Gasteiger partial charge in [0.05, 0.1) is 0 Å². The number of nitrogens with two attached hydrogens (primary N) is 1. The molecule has 10 heavy (non-hydrogen) atoms. The van der Waals surface area contributed by atoms with Crippen LogP contribution in [0.2, 0.25) is 0 Å². The molecule has 0 heterocycles. The van der Waals surface area contributed by atoms with E-state index in [2.05, 4.69) is 5.73 Å². The Labute approximate surface area is 56.2 Å². The monoisotopic (exact) mass is 155 g/mol. The minimum absolute atomic E-state index is 0.604. The van der Waals surface area contributed by atoms with Gasteiger partial charge >= 0.3 is 0 Å². The summed E-state index contributed by atoms with van der Waals surface area (Å²) in [6, 6.07) is 0. The Bertz CT molecular complexity index is 119. The van der Waals surface area contributed by atoms with E-state index in [0.717, 1.165) is 0 Å². The third-order valence-electron chi connectivity index (χ3n) is 0.982. The number of rotatable bonds is 4. The summed E-state index contributed by atoms with van der Waals surface area (Å²) in [5, 5.41) is 0. The van der Waals surface area contributed by atoms with Gasteiger partial charge in [0, 0.05) is 6.54 Å². The van der Waals surface area contributed by atoms with Crippen LogP contribution in [0.1, 0.15) is 0 Å². The molecule has 0 aliphatic carbocycles. The molecule has 0 aliphatic heterocycles. The lowest BCUT2D eigenvalue weighted by atomic mass is 10.2. The highest BCUT2D eigenvalue weighted by Gasteiger charge is 2.26. The number of hydrogen-bond acceptors (Lipinski definition) is 2. The van der Waals surface area contributed by atoms with Gasteiger partial charge in [-0.2, -0.15) is 0 Å². The van der Waals surface area contributed by atoms with Gasteiger partial charge in [0.25, 0.3) is 0 Å². The third-order valence-corrected chi connectivity index (χ3v) is 0.982. The zero-order valence-electron chi connectivity index (χ0n) is 5.19. The molecule has 0 aromatic heterocycles. The summed E-state index contributed by atoms with van der Waals surface area (Å²) >= 11 is 0. The number of hydrogen-bond donors (Lipinski definition) is 1. The SMILES string of the molecule is NCC(F)C(F)C(=O)CF. The number of ketones is 1. The molecule has 0 aliphatic rings. The molecule has 2 unspecified atom stereocenters. The fourth-order valence-electron chi connectivity index (χ4n) is 0.395. The lowest BCUT2D eigenvalue weighted by molar-refractivity contribution is -0.126. The molecule has 0 saturated carbocycles. The van der Waals surface area contributed by atoms with Crippen molar-refractivity contribution in [3.05, 3.63) is 0 Å². The molecule has 0 radical (unpaired) electrons. The molecule has 5 heteroatoms. The van der Waals surface area contributed by atoms with E-state index < -0.39 is 31.3 Å². The van der Waals surface area contributed by atoms with Gasteiger partial charge in [-0.05, 0) is 0 Å². The second-order valence-corrected chi connectivity index (χ2v) is 1.75. The predicted molar refractivity (Wildman–Crippen MR) is 29.8 cm³/mol. The van der Waals surface area contributed by atoms with E-state index in [4.69, 9.17) is 0 Å². The van der Waals surface area contributed by atoms with Gasteiger partial charge in [-0.1, -0.05) is 0 Å². The molecule has 60 valence electrons. The van der Waals surface area contributed by atoms with E-state index in [-0.39, 0.29) is 0 Å². The highest BCUT2D eigenvalue weighted by Crippen LogP contribution is 2.03. The highest BCUT2D eigenvalue weighted by molar-refractivity contribution is 5.84. The zero-order valence-corrected chi connectivity index (χ0v) is 5.19. The van der Waals surface area contributed by atoms with Crippen molar-refractivity contribution in [2.75, 3.05) is 13.2 Å². The maximum atomic E-state index is 12.1. The van der Waals surface area contributed by atoms with Crippen molar-refractivity contribution < 1.29 is 18.0 Å². The van der Waals surface area contributed by atoms with Gasteiger partial charge in [0.2, 0.25) is 5.78 Å². The van der Waals surface area contributed by atoms with E-state index >= 15 is 0 Å². The number of carbonyl (C=O) groups is 1. The predicted octanol–water partition coefficient (Wildman–Crippen LogP) is 0.160. The normalized spacial score (nSPS) is 16.4. The van der Waals surface area contributed by atoms with Gasteiger partial charge < -0.3 is 5.73 Å². The molecule has 0 amide bonds. The van der Waals surface area contributed by atoms with Crippen LogP contribution < -0.4 is 5.73 Å². The Morgan fingerprint density at radius 3 is 2.30 bits per heavy atom. The first-order valence-corrected chi connectivity index (χ1v) is 2.70. The van der Waals surface area contributed by atoms with Gasteiger partial charge in [-0.3, -0.25) is 4.79 Å². The lowest BCUT2D eigenvalue weighted by Crippen LogP contribution is -2.33. The summed E-state index contributed by atoms with van der Waals surface area (Å²) in [5.74, 6) is -1.39. The average Bonchev–Trinajstić information content (AvgIpc) is 2.00. The number of halogens is 3. The zero-order chi connectivity index (χ0) is 8.15. The third kappa shape index (κ3) is 2.34. The Kier molecular flexibility index (Phi) is 4.02. The quantitative estimate of drug-likeness (QED) is 0.628. The van der Waals surface area contributed by atoms with Crippen molar-refractivity contribution in [3.63, 3.8) is 0 Å². The number of carbonyl (C=O) groups excluding carboxylic acids is 1. The van der Waals surface area contributed by atoms with Crippen LogP contribution in [0.15, 0.2) is 0 Å². The molecule has 0 saturated heterocycles. The van der Waals surface area contributed by atoms with E-state index in [0.29, 0.717) is 0 Å². The van der Waals surface area contributed by atoms with Crippen molar-refractivity contribution in [1.29, 1.82) is 0 Å². The smallest absolute Gasteiger partial charge is 0.200 e. The van der Waals surface area contributed by atoms with Gasteiger partial charge in [-0.25, -0.2) is 13.2 Å². The first-order valence-electron chi connectivity index (χ1n) is 2.70. The summed E-state index contributed by atoms with van der Waals surface area (Å²) in [6.07, 6.45) is -4.49. The molecule has 0 aromatic carbocycles. The van der Waals surface area contributed by atoms with Crippen LogP contribution in [0.3, 0.4) is 0 Å². The van der Waals surface area contributed by atoms with Gasteiger partial charge in [-0.15, -0.1) is 0 Å². The molecule has 0 fully saturated rings. The molecule has 0 aromatic rings. The van der Waals surface area contributed by atoms with E-state index in [1.54, 1.807) is 0 Å². The second-order valence-electron chi connectivity index (χ2n) is 1.75. The molecule has 2 N–H and O–H groups in total. The van der Waals surface area contributed by atoms with Crippen LogP contribution in [0.4, 0.5) is 13.2 Å². The average molecular weight is 155 g/mol. The van der Waals surface area contributed by atoms with Crippen LogP contribution in [0, 0.1) is 0 Å².